The molecule has 0 radical (unpaired) electrons. The smallest absolute Gasteiger partial charge is 0.306 e. The van der Waals surface area contributed by atoms with Crippen LogP contribution in [0.2, 0.25) is 0 Å². The van der Waals surface area contributed by atoms with Gasteiger partial charge >= 0.3 is 5.97 Å². The zero-order valence-corrected chi connectivity index (χ0v) is 20.5. The summed E-state index contributed by atoms with van der Waals surface area (Å²) < 4.78 is 11.4. The maximum Gasteiger partial charge on any atom is 0.306 e. The molecule has 2 aromatic carbocycles. The molecule has 0 saturated carbocycles. The van der Waals surface area contributed by atoms with Crippen LogP contribution >= 0.6 is 0 Å². The van der Waals surface area contributed by atoms with Crippen molar-refractivity contribution in [3.05, 3.63) is 83.9 Å². The highest BCUT2D eigenvalue weighted by molar-refractivity contribution is 5.87. The number of rotatable bonds is 11. The van der Waals surface area contributed by atoms with Crippen molar-refractivity contribution >= 4 is 17.9 Å². The molecule has 0 bridgehead atoms. The number of carboxylic acids is 2. The number of esters is 1. The van der Waals surface area contributed by atoms with Gasteiger partial charge < -0.3 is 34.2 Å². The maximum absolute atomic E-state index is 11.7. The lowest BCUT2D eigenvalue weighted by Crippen LogP contribution is -2.36. The van der Waals surface area contributed by atoms with E-state index in [0.717, 1.165) is 32.5 Å². The van der Waals surface area contributed by atoms with Gasteiger partial charge in [0.25, 0.3) is 0 Å². The third-order valence-electron chi connectivity index (χ3n) is 5.72. The topological polar surface area (TPSA) is 119 Å². The maximum atomic E-state index is 11.7. The molecule has 1 fully saturated rings. The van der Waals surface area contributed by atoms with E-state index in [1.165, 1.54) is 11.1 Å². The minimum absolute atomic E-state index is 0.0382. The molecule has 0 N–H and O–H groups in total. The molecule has 8 heteroatoms. The van der Waals surface area contributed by atoms with Crippen LogP contribution in [-0.2, 0) is 23.9 Å². The van der Waals surface area contributed by atoms with Gasteiger partial charge in [-0.2, -0.15) is 0 Å². The van der Waals surface area contributed by atoms with Crippen LogP contribution in [0.1, 0.15) is 43.4 Å². The largest absolute Gasteiger partial charge is 0.545 e. The molecule has 1 heterocycles. The Hall–Kier alpha value is -3.49. The number of hydrogen-bond acceptors (Lipinski definition) is 8. The number of carbonyl (C=O) groups excluding carboxylic acids is 3. The van der Waals surface area contributed by atoms with Crippen molar-refractivity contribution in [1.82, 2.24) is 4.90 Å². The molecule has 1 aliphatic rings. The Morgan fingerprint density at radius 1 is 0.917 bits per heavy atom. The molecule has 3 rings (SSSR count). The molecule has 1 saturated heterocycles. The predicted molar refractivity (Wildman–Crippen MR) is 130 cm³/mol. The summed E-state index contributed by atoms with van der Waals surface area (Å²) in [5.74, 6) is -2.70. The van der Waals surface area contributed by atoms with Gasteiger partial charge in [-0.15, -0.1) is 0 Å². The number of benzene rings is 2. The number of carbonyl (C=O) groups is 3. The van der Waals surface area contributed by atoms with E-state index in [9.17, 15) is 24.6 Å². The van der Waals surface area contributed by atoms with E-state index < -0.39 is 11.9 Å². The molecule has 0 amide bonds. The van der Waals surface area contributed by atoms with Crippen LogP contribution in [0.15, 0.2) is 72.8 Å². The van der Waals surface area contributed by atoms with Crippen LogP contribution in [0.25, 0.3) is 0 Å². The number of aliphatic carboxylic acids is 2. The van der Waals surface area contributed by atoms with Crippen molar-refractivity contribution in [1.29, 1.82) is 0 Å². The fourth-order valence-electron chi connectivity index (χ4n) is 3.95. The molecule has 0 aliphatic carbocycles. The second-order valence-electron chi connectivity index (χ2n) is 8.34. The summed E-state index contributed by atoms with van der Waals surface area (Å²) in [6.45, 7) is 5.99. The third-order valence-corrected chi connectivity index (χ3v) is 5.72. The lowest BCUT2D eigenvalue weighted by Gasteiger charge is -2.32. The molecule has 0 unspecified atom stereocenters. The minimum atomic E-state index is -1.55. The van der Waals surface area contributed by atoms with Gasteiger partial charge in [0.1, 0.15) is 6.10 Å². The molecule has 1 aliphatic heterocycles. The zero-order chi connectivity index (χ0) is 26.2. The van der Waals surface area contributed by atoms with Gasteiger partial charge in [0.15, 0.2) is 0 Å². The first kappa shape index (κ1) is 28.7. The van der Waals surface area contributed by atoms with E-state index in [-0.39, 0.29) is 12.1 Å². The molecule has 0 atom stereocenters. The first-order chi connectivity index (χ1) is 17.4. The van der Waals surface area contributed by atoms with Crippen molar-refractivity contribution in [2.45, 2.75) is 32.3 Å². The molecule has 8 nitrogen and oxygen atoms in total. The number of ether oxygens (including phenoxy) is 2. The Kier molecular flexibility index (Phi) is 13.0. The van der Waals surface area contributed by atoms with Crippen molar-refractivity contribution in [3.8, 4) is 0 Å². The van der Waals surface area contributed by atoms with E-state index in [1.807, 2.05) is 19.1 Å². The van der Waals surface area contributed by atoms with Crippen LogP contribution in [0.5, 0.6) is 0 Å². The van der Waals surface area contributed by atoms with Gasteiger partial charge in [-0.3, -0.25) is 4.79 Å². The zero-order valence-electron chi connectivity index (χ0n) is 20.5. The molecule has 194 valence electrons. The van der Waals surface area contributed by atoms with Crippen LogP contribution in [0.4, 0.5) is 0 Å². The Bertz CT molecular complexity index is 899. The second-order valence-corrected chi connectivity index (χ2v) is 8.34. The summed E-state index contributed by atoms with van der Waals surface area (Å²) in [4.78, 5) is 32.9. The average molecular weight is 496 g/mol. The van der Waals surface area contributed by atoms with Crippen molar-refractivity contribution in [2.75, 3.05) is 32.8 Å². The van der Waals surface area contributed by atoms with Crippen molar-refractivity contribution in [3.63, 3.8) is 0 Å². The number of piperidine rings is 1. The van der Waals surface area contributed by atoms with Gasteiger partial charge in [-0.25, -0.2) is 0 Å². The second kappa shape index (κ2) is 16.2. The standard InChI is InChI=1S/C24H31NO3.C4H4O4/c1-2-27-23(26)19-20-13-15-25(16-14-20)17-18-28-24(21-9-5-3-6-10-21)22-11-7-4-8-12-22;5-3(6)1-2-4(7)8/h3-12,20,24H,2,13-19H2,1H3;1-2H,(H,5,6)(H,7,8)/p-2/b;2-1+. The number of carboxylic acid groups (broad SMARTS) is 2. The van der Waals surface area contributed by atoms with Gasteiger partial charge in [0.2, 0.25) is 0 Å². The fourth-order valence-corrected chi connectivity index (χ4v) is 3.95. The van der Waals surface area contributed by atoms with Gasteiger partial charge in [-0.1, -0.05) is 60.7 Å². The van der Waals surface area contributed by atoms with Gasteiger partial charge in [-0.05, 0) is 62.1 Å². The van der Waals surface area contributed by atoms with Crippen LogP contribution < -0.4 is 10.2 Å². The SMILES string of the molecule is CCOC(=O)CC1CCN(CCOC(c2ccccc2)c2ccccc2)CC1.O=C([O-])/C=C/C(=O)[O-]. The summed E-state index contributed by atoms with van der Waals surface area (Å²) in [7, 11) is 0. The lowest BCUT2D eigenvalue weighted by atomic mass is 9.93. The number of likely N-dealkylation sites (tertiary alicyclic amines) is 1. The third kappa shape index (κ3) is 11.3. The highest BCUT2D eigenvalue weighted by atomic mass is 16.5. The first-order valence-electron chi connectivity index (χ1n) is 12.1. The van der Waals surface area contributed by atoms with Gasteiger partial charge in [0.05, 0.1) is 25.2 Å². The van der Waals surface area contributed by atoms with Crippen molar-refractivity contribution in [2.24, 2.45) is 5.92 Å². The van der Waals surface area contributed by atoms with E-state index >= 15 is 0 Å². The monoisotopic (exact) mass is 495 g/mol. The normalized spacial score (nSPS) is 14.3. The molecule has 36 heavy (non-hydrogen) atoms. The van der Waals surface area contributed by atoms with E-state index in [2.05, 4.69) is 53.4 Å². The summed E-state index contributed by atoms with van der Waals surface area (Å²) >= 11 is 0. The quantitative estimate of drug-likeness (QED) is 0.340. The Morgan fingerprint density at radius 3 is 1.86 bits per heavy atom. The number of hydrogen-bond donors (Lipinski definition) is 0. The molecule has 0 spiro atoms. The van der Waals surface area contributed by atoms with Crippen LogP contribution in [-0.4, -0.2) is 55.7 Å². The predicted octanol–water partition coefficient (Wildman–Crippen LogP) is 1.50. The van der Waals surface area contributed by atoms with E-state index in [1.54, 1.807) is 0 Å². The molecule has 2 aromatic rings. The highest BCUT2D eigenvalue weighted by Gasteiger charge is 2.22. The summed E-state index contributed by atoms with van der Waals surface area (Å²) in [5.41, 5.74) is 2.36. The molecule has 0 aromatic heterocycles. The van der Waals surface area contributed by atoms with Crippen LogP contribution in [0.3, 0.4) is 0 Å². The Morgan fingerprint density at radius 2 is 1.42 bits per heavy atom. The first-order valence-corrected chi connectivity index (χ1v) is 12.1. The summed E-state index contributed by atoms with van der Waals surface area (Å²) in [5, 5.41) is 18.8. The summed E-state index contributed by atoms with van der Waals surface area (Å²) in [6, 6.07) is 20.8. The van der Waals surface area contributed by atoms with E-state index in [0.29, 0.717) is 37.7 Å². The van der Waals surface area contributed by atoms with Crippen molar-refractivity contribution < 1.29 is 34.1 Å². The van der Waals surface area contributed by atoms with E-state index in [4.69, 9.17) is 9.47 Å². The fraction of sp³-hybridized carbons (Fsp3) is 0.393. The highest BCUT2D eigenvalue weighted by Crippen LogP contribution is 2.26. The van der Waals surface area contributed by atoms with Gasteiger partial charge in [0, 0.05) is 13.0 Å². The molecular weight excluding hydrogens is 462 g/mol. The molecular formula is C28H33NO7-2. The van der Waals surface area contributed by atoms with Crippen LogP contribution in [0, 0.1) is 5.92 Å². The Balaban J connectivity index is 0.000000493. The lowest BCUT2D eigenvalue weighted by molar-refractivity contribution is -0.301. The Labute approximate surface area is 212 Å². The summed E-state index contributed by atoms with van der Waals surface area (Å²) in [6.07, 6.45) is 3.40. The number of nitrogens with zero attached hydrogens (tertiary/aromatic N) is 1. The minimum Gasteiger partial charge on any atom is -0.545 e. The average Bonchev–Trinajstić information content (AvgIpc) is 2.88.